The molecule has 0 saturated heterocycles. The van der Waals surface area contributed by atoms with Crippen LogP contribution in [0.3, 0.4) is 0 Å². The highest BCUT2D eigenvalue weighted by molar-refractivity contribution is 6.19. The van der Waals surface area contributed by atoms with Gasteiger partial charge in [0.25, 0.3) is 0 Å². The van der Waals surface area contributed by atoms with E-state index in [1.54, 1.807) is 0 Å². The minimum Gasteiger partial charge on any atom is -0.455 e. The highest BCUT2D eigenvalue weighted by Crippen LogP contribution is 2.46. The minimum atomic E-state index is 0.582. The first-order chi connectivity index (χ1) is 28.2. The van der Waals surface area contributed by atoms with Crippen LogP contribution in [0.5, 0.6) is 0 Å². The molecule has 0 aliphatic heterocycles. The van der Waals surface area contributed by atoms with Crippen molar-refractivity contribution in [2.24, 2.45) is 0 Å². The Morgan fingerprint density at radius 3 is 1.51 bits per heavy atom. The first-order valence-corrected chi connectivity index (χ1v) is 19.2. The van der Waals surface area contributed by atoms with Crippen LogP contribution in [0.2, 0.25) is 0 Å². The molecule has 2 aromatic heterocycles. The van der Waals surface area contributed by atoms with Crippen LogP contribution in [0.4, 0.5) is 0 Å². The Morgan fingerprint density at radius 1 is 0.281 bits per heavy atom. The fourth-order valence-electron chi connectivity index (χ4n) is 8.14. The molecule has 0 spiro atoms. The van der Waals surface area contributed by atoms with Gasteiger partial charge >= 0.3 is 0 Å². The summed E-state index contributed by atoms with van der Waals surface area (Å²) >= 11 is 0. The van der Waals surface area contributed by atoms with Crippen LogP contribution in [-0.2, 0) is 0 Å². The Morgan fingerprint density at radius 2 is 0.825 bits per heavy atom. The largest absolute Gasteiger partial charge is 0.455 e. The Bertz CT molecular complexity index is 3210. The van der Waals surface area contributed by atoms with E-state index in [1.165, 1.54) is 21.5 Å². The summed E-state index contributed by atoms with van der Waals surface area (Å²) in [4.78, 5) is 15.4. The molecule has 0 unspecified atom stereocenters. The monoisotopic (exact) mass is 727 g/mol. The summed E-state index contributed by atoms with van der Waals surface area (Å²) in [6.07, 6.45) is 0. The Hall–Kier alpha value is -7.69. The molecule has 0 saturated carbocycles. The SMILES string of the molecule is c1ccc(-c2cc(-c3ccccc3)c3oc4c(-c5ccc6c(ccc7ccccc76)c5)ccc(-c5nc(-c6ccccc6)nc(-c6ccccc6)n5)c4c3c2)cc1. The molecule has 4 heteroatoms. The van der Waals surface area contributed by atoms with Gasteiger partial charge < -0.3 is 4.42 Å². The maximum absolute atomic E-state index is 7.22. The number of fused-ring (bicyclic) bond motifs is 6. The van der Waals surface area contributed by atoms with E-state index in [1.807, 2.05) is 60.7 Å². The zero-order valence-corrected chi connectivity index (χ0v) is 30.8. The second-order valence-corrected chi connectivity index (χ2v) is 14.4. The molecule has 0 aliphatic rings. The van der Waals surface area contributed by atoms with Gasteiger partial charge in [0.15, 0.2) is 17.5 Å². The van der Waals surface area contributed by atoms with Gasteiger partial charge in [-0.15, -0.1) is 0 Å². The molecular weight excluding hydrogens is 695 g/mol. The standard InChI is InChI=1S/C53H33N3O/c1-5-15-34(16-6-1)41-32-46(35-17-7-2-8-18-35)49-47(33-41)48-45(53-55-51(37-20-9-3-10-21-37)54-52(56-53)38-22-11-4-12-23-38)30-29-44(50(48)57-49)40-27-28-43-39(31-40)26-25-36-19-13-14-24-42(36)43/h1-33H. The molecule has 0 radical (unpaired) electrons. The van der Waals surface area contributed by atoms with Gasteiger partial charge in [-0.25, -0.2) is 15.0 Å². The third-order valence-electron chi connectivity index (χ3n) is 10.9. The summed E-state index contributed by atoms with van der Waals surface area (Å²) in [5, 5.41) is 6.82. The van der Waals surface area contributed by atoms with Gasteiger partial charge in [0.2, 0.25) is 0 Å². The molecule has 2 heterocycles. The minimum absolute atomic E-state index is 0.582. The van der Waals surface area contributed by atoms with Gasteiger partial charge in [-0.2, -0.15) is 0 Å². The van der Waals surface area contributed by atoms with E-state index < -0.39 is 0 Å². The number of hydrogen-bond acceptors (Lipinski definition) is 4. The van der Waals surface area contributed by atoms with E-state index in [2.05, 4.69) is 140 Å². The van der Waals surface area contributed by atoms with Crippen molar-refractivity contribution < 1.29 is 4.42 Å². The van der Waals surface area contributed by atoms with E-state index in [0.29, 0.717) is 17.5 Å². The van der Waals surface area contributed by atoms with Crippen molar-refractivity contribution in [1.82, 2.24) is 15.0 Å². The van der Waals surface area contributed by atoms with Crippen molar-refractivity contribution in [2.45, 2.75) is 0 Å². The Balaban J connectivity index is 1.24. The van der Waals surface area contributed by atoms with Crippen LogP contribution in [0, 0.1) is 0 Å². The van der Waals surface area contributed by atoms with E-state index >= 15 is 0 Å². The van der Waals surface area contributed by atoms with Crippen molar-refractivity contribution in [3.63, 3.8) is 0 Å². The summed E-state index contributed by atoms with van der Waals surface area (Å²) in [5.41, 5.74) is 10.7. The lowest BCUT2D eigenvalue weighted by molar-refractivity contribution is 0.671. The molecule has 0 N–H and O–H groups in total. The van der Waals surface area contributed by atoms with Crippen LogP contribution in [0.1, 0.15) is 0 Å². The topological polar surface area (TPSA) is 51.8 Å². The number of nitrogens with zero attached hydrogens (tertiary/aromatic N) is 3. The summed E-state index contributed by atoms with van der Waals surface area (Å²) in [7, 11) is 0. The van der Waals surface area contributed by atoms with E-state index in [-0.39, 0.29) is 0 Å². The van der Waals surface area contributed by atoms with E-state index in [4.69, 9.17) is 19.4 Å². The Kier molecular flexibility index (Phi) is 7.78. The van der Waals surface area contributed by atoms with Gasteiger partial charge in [0.1, 0.15) is 11.2 Å². The average molecular weight is 728 g/mol. The quantitative estimate of drug-likeness (QED) is 0.160. The van der Waals surface area contributed by atoms with Gasteiger partial charge in [-0.1, -0.05) is 170 Å². The van der Waals surface area contributed by atoms with Crippen LogP contribution in [0.15, 0.2) is 205 Å². The molecule has 9 aromatic carbocycles. The predicted octanol–water partition coefficient (Wildman–Crippen LogP) is 14.1. The zero-order valence-electron chi connectivity index (χ0n) is 30.8. The molecule has 0 bridgehead atoms. The number of hydrogen-bond donors (Lipinski definition) is 0. The fraction of sp³-hybridized carbons (Fsp3) is 0. The molecule has 266 valence electrons. The first kappa shape index (κ1) is 32.7. The number of aromatic nitrogens is 3. The molecule has 0 atom stereocenters. The molecule has 57 heavy (non-hydrogen) atoms. The van der Waals surface area contributed by atoms with Gasteiger partial charge in [-0.05, 0) is 74.1 Å². The van der Waals surface area contributed by atoms with Crippen molar-refractivity contribution >= 4 is 43.5 Å². The molecule has 0 amide bonds. The molecular formula is C53H33N3O. The van der Waals surface area contributed by atoms with Gasteiger partial charge in [0.05, 0.1) is 0 Å². The number of furan rings is 1. The lowest BCUT2D eigenvalue weighted by Gasteiger charge is -2.12. The second-order valence-electron chi connectivity index (χ2n) is 14.4. The van der Waals surface area contributed by atoms with Crippen molar-refractivity contribution in [2.75, 3.05) is 0 Å². The highest BCUT2D eigenvalue weighted by atomic mass is 16.3. The maximum Gasteiger partial charge on any atom is 0.164 e. The highest BCUT2D eigenvalue weighted by Gasteiger charge is 2.23. The van der Waals surface area contributed by atoms with Crippen molar-refractivity contribution in [3.05, 3.63) is 200 Å². The molecule has 11 rings (SSSR count). The molecule has 11 aromatic rings. The molecule has 0 fully saturated rings. The van der Waals surface area contributed by atoms with Crippen LogP contribution >= 0.6 is 0 Å². The molecule has 4 nitrogen and oxygen atoms in total. The third kappa shape index (κ3) is 5.74. The average Bonchev–Trinajstić information content (AvgIpc) is 3.69. The predicted molar refractivity (Wildman–Crippen MR) is 235 cm³/mol. The second kappa shape index (κ2) is 13.6. The van der Waals surface area contributed by atoms with Gasteiger partial charge in [0, 0.05) is 38.6 Å². The lowest BCUT2D eigenvalue weighted by atomic mass is 9.92. The van der Waals surface area contributed by atoms with Crippen LogP contribution in [0.25, 0.3) is 111 Å². The van der Waals surface area contributed by atoms with E-state index in [9.17, 15) is 0 Å². The summed E-state index contributed by atoms with van der Waals surface area (Å²) < 4.78 is 7.22. The van der Waals surface area contributed by atoms with Gasteiger partial charge in [-0.3, -0.25) is 0 Å². The number of benzene rings is 9. The summed E-state index contributed by atoms with van der Waals surface area (Å²) in [5.74, 6) is 1.81. The van der Waals surface area contributed by atoms with E-state index in [0.717, 1.165) is 72.0 Å². The zero-order chi connectivity index (χ0) is 37.7. The molecule has 0 aliphatic carbocycles. The van der Waals surface area contributed by atoms with Crippen LogP contribution in [-0.4, -0.2) is 15.0 Å². The summed E-state index contributed by atoms with van der Waals surface area (Å²) in [6, 6.07) is 69.8. The normalized spacial score (nSPS) is 11.5. The number of rotatable bonds is 6. The third-order valence-corrected chi connectivity index (χ3v) is 10.9. The smallest absolute Gasteiger partial charge is 0.164 e. The fourth-order valence-corrected chi connectivity index (χ4v) is 8.14. The lowest BCUT2D eigenvalue weighted by Crippen LogP contribution is -2.00. The Labute approximate surface area is 329 Å². The van der Waals surface area contributed by atoms with Crippen molar-refractivity contribution in [3.8, 4) is 67.5 Å². The first-order valence-electron chi connectivity index (χ1n) is 19.2. The van der Waals surface area contributed by atoms with Crippen molar-refractivity contribution in [1.29, 1.82) is 0 Å². The van der Waals surface area contributed by atoms with Crippen LogP contribution < -0.4 is 0 Å². The summed E-state index contributed by atoms with van der Waals surface area (Å²) in [6.45, 7) is 0. The maximum atomic E-state index is 7.22.